The van der Waals surface area contributed by atoms with Gasteiger partial charge >= 0.3 is 5.97 Å². The lowest BCUT2D eigenvalue weighted by Crippen LogP contribution is -2.45. The molecule has 0 rings (SSSR count). The number of aliphatic hydroxyl groups excluding tert-OH is 2. The van der Waals surface area contributed by atoms with Gasteiger partial charge in [-0.3, -0.25) is 9.59 Å². The van der Waals surface area contributed by atoms with Crippen molar-refractivity contribution >= 4 is 11.9 Å². The van der Waals surface area contributed by atoms with Gasteiger partial charge in [0.2, 0.25) is 5.91 Å². The molecule has 0 saturated carbocycles. The SMILES string of the molecule is CCCCCCCCCCCCCCCCCCCCCCC(O)C(CO)NC(=O)CCCCCCCCCCCCCCCCCCC/C=C\CCCCCCCCCCCCCCOC(=O)CCCCCCCCCCCCCCC. The summed E-state index contributed by atoms with van der Waals surface area (Å²) in [5, 5.41) is 23.4. The van der Waals surface area contributed by atoms with Gasteiger partial charge in [0.05, 0.1) is 25.4 Å². The minimum absolute atomic E-state index is 0.0213. The minimum atomic E-state index is -0.662. The summed E-state index contributed by atoms with van der Waals surface area (Å²) in [5.74, 6) is -0.00523. The van der Waals surface area contributed by atoms with Crippen molar-refractivity contribution in [3.05, 3.63) is 12.2 Å². The third-order valence-electron chi connectivity index (χ3n) is 18.3. The second-order valence-corrected chi connectivity index (χ2v) is 26.7. The van der Waals surface area contributed by atoms with E-state index in [1.54, 1.807) is 0 Å². The first-order chi connectivity index (χ1) is 41.0. The molecule has 2 unspecified atom stereocenters. The molecule has 3 N–H and O–H groups in total. The highest BCUT2D eigenvalue weighted by molar-refractivity contribution is 5.76. The van der Waals surface area contributed by atoms with Gasteiger partial charge in [0, 0.05) is 12.8 Å². The van der Waals surface area contributed by atoms with Crippen LogP contribution in [0.2, 0.25) is 0 Å². The maximum atomic E-state index is 12.6. The van der Waals surface area contributed by atoms with E-state index < -0.39 is 12.1 Å². The van der Waals surface area contributed by atoms with Crippen LogP contribution >= 0.6 is 0 Å². The molecule has 0 heterocycles. The smallest absolute Gasteiger partial charge is 0.305 e. The number of carbonyl (C=O) groups is 2. The maximum Gasteiger partial charge on any atom is 0.305 e. The van der Waals surface area contributed by atoms with E-state index in [2.05, 4.69) is 31.3 Å². The number of aliphatic hydroxyl groups is 2. The highest BCUT2D eigenvalue weighted by atomic mass is 16.5. The van der Waals surface area contributed by atoms with Crippen molar-refractivity contribution < 1.29 is 24.5 Å². The fraction of sp³-hybridized carbons (Fsp3) is 0.948. The predicted octanol–water partition coefficient (Wildman–Crippen LogP) is 25.1. The molecule has 0 bridgehead atoms. The lowest BCUT2D eigenvalue weighted by Gasteiger charge is -2.22. The lowest BCUT2D eigenvalue weighted by molar-refractivity contribution is -0.143. The molecule has 0 saturated heterocycles. The second-order valence-electron chi connectivity index (χ2n) is 26.7. The number of hydrogen-bond acceptors (Lipinski definition) is 5. The van der Waals surface area contributed by atoms with Crippen molar-refractivity contribution in [3.8, 4) is 0 Å². The highest BCUT2D eigenvalue weighted by Gasteiger charge is 2.20. The number of carbonyl (C=O) groups excluding carboxylic acids is 2. The van der Waals surface area contributed by atoms with E-state index in [9.17, 15) is 19.8 Å². The van der Waals surface area contributed by atoms with Gasteiger partial charge in [-0.25, -0.2) is 0 Å². The van der Waals surface area contributed by atoms with E-state index in [0.29, 0.717) is 25.9 Å². The summed E-state index contributed by atoms with van der Waals surface area (Å²) in [5.41, 5.74) is 0. The molecule has 0 aliphatic carbocycles. The van der Waals surface area contributed by atoms with Crippen LogP contribution in [0.1, 0.15) is 444 Å². The number of hydrogen-bond donors (Lipinski definition) is 3. The number of amides is 1. The van der Waals surface area contributed by atoms with Crippen molar-refractivity contribution in [3.63, 3.8) is 0 Å². The standard InChI is InChI=1S/C77H151NO5/c1-3-5-7-9-11-13-15-17-18-19-20-36-39-42-46-49-53-57-61-65-69-75(80)74(73-79)78-76(81)70-66-62-58-54-50-47-43-40-37-34-32-30-28-26-24-22-21-23-25-27-29-31-33-35-38-41-44-48-52-56-60-64-68-72-83-77(82)71-67-63-59-55-51-45-16-14-12-10-8-6-4-2/h25,27,74-75,79-80H,3-24,26,28-73H2,1-2H3,(H,78,81)/b27-25-. The molecule has 0 spiro atoms. The van der Waals surface area contributed by atoms with E-state index in [-0.39, 0.29) is 18.5 Å². The van der Waals surface area contributed by atoms with Crippen LogP contribution in [0, 0.1) is 0 Å². The topological polar surface area (TPSA) is 95.9 Å². The van der Waals surface area contributed by atoms with Crippen LogP contribution in [0.3, 0.4) is 0 Å². The van der Waals surface area contributed by atoms with Gasteiger partial charge in [0.25, 0.3) is 0 Å². The second kappa shape index (κ2) is 73.1. The number of ether oxygens (including phenoxy) is 1. The van der Waals surface area contributed by atoms with Gasteiger partial charge in [-0.1, -0.05) is 392 Å². The van der Waals surface area contributed by atoms with E-state index in [1.165, 1.54) is 372 Å². The quantitative estimate of drug-likeness (QED) is 0.0320. The van der Waals surface area contributed by atoms with Gasteiger partial charge in [-0.05, 0) is 51.4 Å². The van der Waals surface area contributed by atoms with E-state index >= 15 is 0 Å². The Labute approximate surface area is 520 Å². The Morgan fingerprint density at radius 2 is 0.566 bits per heavy atom. The molecule has 2 atom stereocenters. The molecule has 6 nitrogen and oxygen atoms in total. The van der Waals surface area contributed by atoms with Crippen LogP contribution in [-0.4, -0.2) is 47.4 Å². The van der Waals surface area contributed by atoms with Crippen molar-refractivity contribution in [1.82, 2.24) is 5.32 Å². The highest BCUT2D eigenvalue weighted by Crippen LogP contribution is 2.20. The van der Waals surface area contributed by atoms with Crippen molar-refractivity contribution in [2.75, 3.05) is 13.2 Å². The summed E-state index contributed by atoms with van der Waals surface area (Å²) >= 11 is 0. The number of rotatable bonds is 73. The Balaban J connectivity index is 3.34. The van der Waals surface area contributed by atoms with E-state index in [4.69, 9.17) is 4.74 Å². The monoisotopic (exact) mass is 1170 g/mol. The largest absolute Gasteiger partial charge is 0.466 e. The molecule has 0 aromatic rings. The van der Waals surface area contributed by atoms with Crippen molar-refractivity contribution in [1.29, 1.82) is 0 Å². The zero-order chi connectivity index (χ0) is 59.9. The van der Waals surface area contributed by atoms with Gasteiger partial charge in [0.15, 0.2) is 0 Å². The Bertz CT molecular complexity index is 1260. The Morgan fingerprint density at radius 3 is 0.855 bits per heavy atom. The van der Waals surface area contributed by atoms with Crippen LogP contribution in [0.25, 0.3) is 0 Å². The fourth-order valence-corrected chi connectivity index (χ4v) is 12.5. The Kier molecular flexibility index (Phi) is 71.8. The summed E-state index contributed by atoms with van der Waals surface area (Å²) in [4.78, 5) is 24.6. The average Bonchev–Trinajstić information content (AvgIpc) is 3.49. The predicted molar refractivity (Wildman–Crippen MR) is 366 cm³/mol. The van der Waals surface area contributed by atoms with Gasteiger partial charge < -0.3 is 20.3 Å². The van der Waals surface area contributed by atoms with E-state index in [1.807, 2.05) is 0 Å². The molecule has 6 heteroatoms. The first-order valence-corrected chi connectivity index (χ1v) is 38.4. The zero-order valence-corrected chi connectivity index (χ0v) is 56.7. The van der Waals surface area contributed by atoms with Crippen LogP contribution in [-0.2, 0) is 14.3 Å². The first kappa shape index (κ1) is 81.6. The molecular formula is C77H151NO5. The van der Waals surface area contributed by atoms with Crippen molar-refractivity contribution in [2.45, 2.75) is 456 Å². The molecule has 494 valence electrons. The van der Waals surface area contributed by atoms with Crippen LogP contribution in [0.4, 0.5) is 0 Å². The number of allylic oxidation sites excluding steroid dienone is 2. The average molecular weight is 1170 g/mol. The summed E-state index contributed by atoms with van der Waals surface area (Å²) in [7, 11) is 0. The van der Waals surface area contributed by atoms with Crippen LogP contribution < -0.4 is 5.32 Å². The Morgan fingerprint density at radius 1 is 0.325 bits per heavy atom. The van der Waals surface area contributed by atoms with Gasteiger partial charge in [-0.15, -0.1) is 0 Å². The summed E-state index contributed by atoms with van der Waals surface area (Å²) in [6.45, 7) is 5.01. The summed E-state index contributed by atoms with van der Waals surface area (Å²) in [6.07, 6.45) is 91.5. The zero-order valence-electron chi connectivity index (χ0n) is 56.7. The normalized spacial score (nSPS) is 12.5. The molecule has 83 heavy (non-hydrogen) atoms. The molecule has 0 aliphatic heterocycles. The lowest BCUT2D eigenvalue weighted by atomic mass is 10.0. The maximum absolute atomic E-state index is 12.6. The molecular weight excluding hydrogens is 1020 g/mol. The number of unbranched alkanes of at least 4 members (excludes halogenated alkanes) is 60. The molecule has 0 radical (unpaired) electrons. The molecule has 0 fully saturated rings. The van der Waals surface area contributed by atoms with Gasteiger partial charge in [-0.2, -0.15) is 0 Å². The van der Waals surface area contributed by atoms with Gasteiger partial charge in [0.1, 0.15) is 0 Å². The fourth-order valence-electron chi connectivity index (χ4n) is 12.5. The van der Waals surface area contributed by atoms with Crippen LogP contribution in [0.15, 0.2) is 12.2 Å². The molecule has 0 aliphatic rings. The van der Waals surface area contributed by atoms with Crippen molar-refractivity contribution in [2.24, 2.45) is 0 Å². The minimum Gasteiger partial charge on any atom is -0.466 e. The Hall–Kier alpha value is -1.40. The number of esters is 1. The third-order valence-corrected chi connectivity index (χ3v) is 18.3. The number of nitrogens with one attached hydrogen (secondary N) is 1. The summed E-state index contributed by atoms with van der Waals surface area (Å²) in [6, 6.07) is -0.539. The third kappa shape index (κ3) is 69.6. The molecule has 0 aromatic carbocycles. The molecule has 1 amide bonds. The first-order valence-electron chi connectivity index (χ1n) is 38.4. The summed E-state index contributed by atoms with van der Waals surface area (Å²) < 4.78 is 5.49. The van der Waals surface area contributed by atoms with E-state index in [0.717, 1.165) is 38.5 Å². The van der Waals surface area contributed by atoms with Crippen LogP contribution in [0.5, 0.6) is 0 Å². The molecule has 0 aromatic heterocycles.